The van der Waals surface area contributed by atoms with E-state index in [1.165, 1.54) is 48.5 Å². The summed E-state index contributed by atoms with van der Waals surface area (Å²) < 4.78 is 22.1. The van der Waals surface area contributed by atoms with Crippen LogP contribution >= 0.6 is 83.8 Å². The van der Waals surface area contributed by atoms with Gasteiger partial charge in [-0.25, -0.2) is 0 Å². The number of aliphatic hydroxyl groups excluding tert-OH is 2. The number of carbonyl (C=O) groups excluding carboxylic acids is 1. The van der Waals surface area contributed by atoms with Crippen LogP contribution in [-0.2, 0) is 35.8 Å². The van der Waals surface area contributed by atoms with E-state index in [4.69, 9.17) is 52.4 Å². The molecule has 10 aromatic rings. The number of alkyl halides is 4. The topological polar surface area (TPSA) is 94.5 Å². The molecule has 0 unspecified atom stereocenters. The molecular formula is C78H91Br3Cl2O7P2. The molecule has 2 saturated heterocycles. The molecule has 0 bridgehead atoms. The first-order valence-electron chi connectivity index (χ1n) is 28.7. The Balaban J connectivity index is 0.000000411. The number of aldehydes is 1. The van der Waals surface area contributed by atoms with Gasteiger partial charge < -0.3 is 19.7 Å². The molecule has 7 nitrogen and oxygen atoms in total. The zero-order chi connectivity index (χ0) is 62.4. The van der Waals surface area contributed by atoms with Crippen LogP contribution in [0.3, 0.4) is 0 Å². The second kappa shape index (κ2) is 47.4. The maximum atomic E-state index is 10.2. The van der Waals surface area contributed by atoms with Crippen molar-refractivity contribution < 1.29 is 34.0 Å². The molecule has 2 N–H and O–H groups in total. The van der Waals surface area contributed by atoms with E-state index >= 15 is 0 Å². The molecule has 2 fully saturated rings. The predicted molar refractivity (Wildman–Crippen MR) is 411 cm³/mol. The monoisotopic (exact) mass is 1510 g/mol. The summed E-state index contributed by atoms with van der Waals surface area (Å²) in [7, 11) is -0.446. The van der Waals surface area contributed by atoms with Gasteiger partial charge in [0, 0.05) is 33.5 Å². The molecule has 10 aromatic carbocycles. The van der Waals surface area contributed by atoms with Gasteiger partial charge in [0.1, 0.15) is 6.29 Å². The minimum atomic E-state index is -2.98. The third-order valence-electron chi connectivity index (χ3n) is 13.4. The van der Waals surface area contributed by atoms with Crippen molar-refractivity contribution in [3.05, 3.63) is 325 Å². The molecule has 92 heavy (non-hydrogen) atoms. The number of rotatable bonds is 15. The zero-order valence-corrected chi connectivity index (χ0v) is 57.0. The number of hydrogen-bond acceptors (Lipinski definition) is 7. The van der Waals surface area contributed by atoms with Crippen LogP contribution < -0.4 is 31.8 Å². The number of benzene rings is 10. The molecule has 0 atom stereocenters. The van der Waals surface area contributed by atoms with Crippen LogP contribution in [0.25, 0.3) is 0 Å². The Labute approximate surface area is 586 Å². The second-order valence-corrected chi connectivity index (χ2v) is 32.5. The van der Waals surface area contributed by atoms with Gasteiger partial charge in [-0.3, -0.25) is 4.79 Å². The van der Waals surface area contributed by atoms with E-state index in [1.807, 2.05) is 72.8 Å². The van der Waals surface area contributed by atoms with E-state index in [-0.39, 0.29) is 55.5 Å². The van der Waals surface area contributed by atoms with E-state index in [2.05, 4.69) is 266 Å². The van der Waals surface area contributed by atoms with E-state index in [0.29, 0.717) is 38.2 Å². The van der Waals surface area contributed by atoms with Crippen LogP contribution in [0.1, 0.15) is 80.5 Å². The Kier molecular flexibility index (Phi) is 42.6. The Hall–Kier alpha value is -5.49. The van der Waals surface area contributed by atoms with E-state index in [1.54, 1.807) is 0 Å². The van der Waals surface area contributed by atoms with Crippen LogP contribution in [0.4, 0.5) is 0 Å². The fraction of sp³-hybridized carbons (Fsp3) is 0.218. The Bertz CT molecular complexity index is 3160. The predicted octanol–water partition coefficient (Wildman–Crippen LogP) is 19.2. The Morgan fingerprint density at radius 2 is 0.641 bits per heavy atom. The average Bonchev–Trinajstić information content (AvgIpc) is 0.779. The van der Waals surface area contributed by atoms with E-state index in [9.17, 15) is 4.79 Å². The van der Waals surface area contributed by atoms with Gasteiger partial charge in [-0.05, 0) is 35.0 Å². The van der Waals surface area contributed by atoms with Crippen LogP contribution in [0.15, 0.2) is 291 Å². The van der Waals surface area contributed by atoms with Gasteiger partial charge in [-0.15, -0.1) is 23.2 Å². The number of hydrogen-bond donors (Lipinski definition) is 2. The molecule has 0 saturated carbocycles. The van der Waals surface area contributed by atoms with Crippen molar-refractivity contribution in [3.63, 3.8) is 0 Å². The van der Waals surface area contributed by atoms with Crippen molar-refractivity contribution in [2.24, 2.45) is 0 Å². The molecule has 12 rings (SSSR count). The van der Waals surface area contributed by atoms with Gasteiger partial charge >= 0.3 is 198 Å². The molecule has 0 aliphatic carbocycles. The molecule has 0 amide bonds. The first-order chi connectivity index (χ1) is 43.2. The summed E-state index contributed by atoms with van der Waals surface area (Å²) in [4.78, 5) is 10.2. The smallest absolute Gasteiger partial charge is 0.150 e. The van der Waals surface area contributed by atoms with Crippen LogP contribution in [-0.4, -0.2) is 67.9 Å². The van der Waals surface area contributed by atoms with Gasteiger partial charge in [-0.2, -0.15) is 0 Å². The first-order valence-corrected chi connectivity index (χ1v) is 37.8. The molecule has 14 heteroatoms. The maximum Gasteiger partial charge on any atom is 0.150 e. The maximum absolute atomic E-state index is 10.2. The summed E-state index contributed by atoms with van der Waals surface area (Å²) >= 11 is 21.3. The second-order valence-electron chi connectivity index (χ2n) is 19.4. The summed E-state index contributed by atoms with van der Waals surface area (Å²) in [5.74, 6) is 1.11. The molecule has 0 aromatic heterocycles. The van der Waals surface area contributed by atoms with Crippen molar-refractivity contribution in [1.29, 1.82) is 0 Å². The number of halogens is 5. The number of carbonyl (C=O) groups is 1. The van der Waals surface area contributed by atoms with Gasteiger partial charge in [0.15, 0.2) is 6.29 Å². The molecule has 490 valence electrons. The summed E-state index contributed by atoms with van der Waals surface area (Å²) in [6.45, 7) is 2.46. The van der Waals surface area contributed by atoms with Crippen molar-refractivity contribution in [3.8, 4) is 0 Å². The van der Waals surface area contributed by atoms with Crippen molar-refractivity contribution >= 4 is 122 Å². The Morgan fingerprint density at radius 3 is 0.891 bits per heavy atom. The molecule has 0 radical (unpaired) electrons. The van der Waals surface area contributed by atoms with Gasteiger partial charge in [0.2, 0.25) is 0 Å². The van der Waals surface area contributed by atoms with Crippen molar-refractivity contribution in [2.75, 3.05) is 51.4 Å². The normalized spacial score (nSPS) is 12.4. The summed E-state index contributed by atoms with van der Waals surface area (Å²) in [6, 6.07) is 101. The molecule has 2 aliphatic rings. The van der Waals surface area contributed by atoms with Crippen molar-refractivity contribution in [2.45, 2.75) is 59.1 Å². The van der Waals surface area contributed by atoms with Gasteiger partial charge in [0.05, 0.1) is 26.4 Å². The standard InChI is InChI=1S/C28H26BrO2P.C18H15P.C10H11BrO2.C8H7BrO.C6H6.C2H4Cl2.C2H6O2.4CH4/c29-32(25-10-4-1-5-11-25,26-12-6-2-7-13-26,27-14-8-3-9-15-27)22-23-16-18-24(19-17-23)28-30-20-21-31-28;1-4-10-16(11-5-1)19(17-12-6-2-7-13-17)18-14-8-3-9-15-18;11-7-8-1-3-9(4-2-8)10-12-5-6-13-10;9-5-7-1-3-8(6-10)4-2-7;1-2-4-6-5-3-1;2*3-1-2-4;;;;/h1-19,28H,20-22H2;1-15H;1-4,10H,5-7H2;1-4,6H,5H2;1-6H;1-2H2;3-4H,1-2H2;4*1H4. The largest absolute Gasteiger partial charge is 0.394 e. The first kappa shape index (κ1) is 82.6. The third-order valence-corrected chi connectivity index (χ3v) is 27.2. The van der Waals surface area contributed by atoms with Gasteiger partial charge in [0.25, 0.3) is 0 Å². The van der Waals surface area contributed by atoms with Crippen LogP contribution in [0.2, 0.25) is 0 Å². The summed E-state index contributed by atoms with van der Waals surface area (Å²) in [6.07, 6.45) is 1.32. The zero-order valence-electron chi connectivity index (χ0n) is 48.9. The SMILES string of the molecule is BrCc1ccc(C2OCCO2)cc1.BrP(Cc1ccc(C2OCCO2)cc1)(c1ccccc1)(c1ccccc1)c1ccccc1.C.C.C.C.ClCCCl.O=Cc1ccc(CBr)cc1.OCCO.c1ccc(P(c2ccccc2)c2ccccc2)cc1.c1ccccc1. The number of ether oxygens (including phenoxy) is 4. The quantitative estimate of drug-likeness (QED) is 0.0600. The fourth-order valence-corrected chi connectivity index (χ4v) is 19.9. The minimum Gasteiger partial charge on any atom is -0.394 e. The third kappa shape index (κ3) is 26.0. The van der Waals surface area contributed by atoms with Crippen molar-refractivity contribution in [1.82, 2.24) is 0 Å². The van der Waals surface area contributed by atoms with Crippen LogP contribution in [0.5, 0.6) is 0 Å². The Morgan fingerprint density at radius 1 is 0.391 bits per heavy atom. The van der Waals surface area contributed by atoms with E-state index < -0.39 is 13.2 Å². The summed E-state index contributed by atoms with van der Waals surface area (Å²) in [5, 5.41) is 22.2. The molecule has 2 heterocycles. The van der Waals surface area contributed by atoms with Gasteiger partial charge in [-0.1, -0.05) is 237 Å². The molecule has 0 spiro atoms. The van der Waals surface area contributed by atoms with Crippen LogP contribution in [0, 0.1) is 0 Å². The average molecular weight is 1510 g/mol. The minimum absolute atomic E-state index is 0. The molecular weight excluding hydrogens is 1420 g/mol. The molecule has 2 aliphatic heterocycles. The fourth-order valence-electron chi connectivity index (χ4n) is 9.17. The summed E-state index contributed by atoms with van der Waals surface area (Å²) in [5.41, 5.74) is 6.62. The number of aliphatic hydroxyl groups is 2. The van der Waals surface area contributed by atoms with E-state index in [0.717, 1.165) is 39.8 Å².